The molecule has 0 aliphatic rings. The van der Waals surface area contributed by atoms with Crippen LogP contribution in [0.4, 0.5) is 0 Å². The number of hydrogen-bond donors (Lipinski definition) is 2. The van der Waals surface area contributed by atoms with Gasteiger partial charge in [-0.1, -0.05) is 18.2 Å². The van der Waals surface area contributed by atoms with Crippen LogP contribution in [-0.2, 0) is 6.61 Å². The van der Waals surface area contributed by atoms with E-state index in [9.17, 15) is 0 Å². The van der Waals surface area contributed by atoms with Crippen LogP contribution >= 0.6 is 0 Å². The molecule has 0 fully saturated rings. The van der Waals surface area contributed by atoms with Gasteiger partial charge in [-0.15, -0.1) is 0 Å². The molecule has 0 aliphatic carbocycles. The molecule has 0 aliphatic heterocycles. The Labute approximate surface area is 90.4 Å². The molecule has 1 rings (SSSR count). The van der Waals surface area contributed by atoms with Crippen molar-refractivity contribution in [2.24, 2.45) is 0 Å². The molecule has 3 heteroatoms. The Bertz CT molecular complexity index is 334. The van der Waals surface area contributed by atoms with E-state index in [0.29, 0.717) is 0 Å². The number of methoxy groups -OCH3 is 1. The molecule has 0 bridgehead atoms. The number of aliphatic hydroxyl groups is 1. The summed E-state index contributed by atoms with van der Waals surface area (Å²) in [6.45, 7) is 0.864. The largest absolute Gasteiger partial charge is 0.496 e. The average Bonchev–Trinajstić information content (AvgIpc) is 2.29. The smallest absolute Gasteiger partial charge is 0.126 e. The average molecular weight is 207 g/mol. The quantitative estimate of drug-likeness (QED) is 0.767. The normalized spacial score (nSPS) is 10.9. The number of benzene rings is 1. The van der Waals surface area contributed by atoms with Crippen molar-refractivity contribution in [1.82, 2.24) is 5.32 Å². The Kier molecular flexibility index (Phi) is 4.87. The Morgan fingerprint density at radius 1 is 1.47 bits per heavy atom. The number of nitrogens with one attached hydrogen (secondary N) is 1. The first-order valence-electron chi connectivity index (χ1n) is 4.90. The summed E-state index contributed by atoms with van der Waals surface area (Å²) in [5.74, 6) is 0.819. The fourth-order valence-electron chi connectivity index (χ4n) is 1.32. The molecule has 0 atom stereocenters. The van der Waals surface area contributed by atoms with Crippen LogP contribution in [0, 0.1) is 0 Å². The molecule has 0 heterocycles. The van der Waals surface area contributed by atoms with Crippen molar-refractivity contribution in [3.05, 3.63) is 35.4 Å². The Morgan fingerprint density at radius 3 is 2.87 bits per heavy atom. The number of ether oxygens (including phenoxy) is 1. The molecule has 0 unspecified atom stereocenters. The second kappa shape index (κ2) is 6.22. The molecule has 15 heavy (non-hydrogen) atoms. The Hall–Kier alpha value is -1.32. The van der Waals surface area contributed by atoms with Gasteiger partial charge in [-0.25, -0.2) is 0 Å². The van der Waals surface area contributed by atoms with Gasteiger partial charge < -0.3 is 15.2 Å². The van der Waals surface area contributed by atoms with Gasteiger partial charge in [-0.2, -0.15) is 0 Å². The molecule has 1 aromatic rings. The summed E-state index contributed by atoms with van der Waals surface area (Å²) >= 11 is 0. The third-order valence-corrected chi connectivity index (χ3v) is 2.10. The lowest BCUT2D eigenvalue weighted by Gasteiger charge is -2.06. The first kappa shape index (κ1) is 11.8. The second-order valence-electron chi connectivity index (χ2n) is 3.19. The van der Waals surface area contributed by atoms with E-state index in [1.807, 2.05) is 37.4 Å². The van der Waals surface area contributed by atoms with E-state index in [1.54, 1.807) is 7.11 Å². The van der Waals surface area contributed by atoms with Gasteiger partial charge in [-0.3, -0.25) is 0 Å². The van der Waals surface area contributed by atoms with E-state index in [0.717, 1.165) is 23.4 Å². The maximum absolute atomic E-state index is 9.02. The Morgan fingerprint density at radius 2 is 2.27 bits per heavy atom. The summed E-state index contributed by atoms with van der Waals surface area (Å²) in [7, 11) is 3.54. The maximum Gasteiger partial charge on any atom is 0.126 e. The molecule has 0 aromatic heterocycles. The van der Waals surface area contributed by atoms with Gasteiger partial charge >= 0.3 is 0 Å². The van der Waals surface area contributed by atoms with E-state index in [4.69, 9.17) is 9.84 Å². The molecule has 82 valence electrons. The maximum atomic E-state index is 9.02. The van der Waals surface area contributed by atoms with Gasteiger partial charge in [0.05, 0.1) is 13.7 Å². The molecule has 0 saturated heterocycles. The fourth-order valence-corrected chi connectivity index (χ4v) is 1.32. The van der Waals surface area contributed by atoms with E-state index in [2.05, 4.69) is 5.32 Å². The number of likely N-dealkylation sites (N-methyl/N-ethyl adjacent to an activating group) is 1. The highest BCUT2D eigenvalue weighted by Gasteiger charge is 2.00. The molecular weight excluding hydrogens is 190 g/mol. The molecule has 2 N–H and O–H groups in total. The van der Waals surface area contributed by atoms with Gasteiger partial charge in [-0.05, 0) is 24.7 Å². The number of hydrogen-bond acceptors (Lipinski definition) is 3. The zero-order valence-electron chi connectivity index (χ0n) is 9.16. The standard InChI is InChI=1S/C12H17NO2/c1-13-7-3-4-11-8-10(9-14)5-6-12(11)15-2/h3-6,8,13-14H,7,9H2,1-2H3. The van der Waals surface area contributed by atoms with E-state index < -0.39 is 0 Å². The number of aliphatic hydroxyl groups excluding tert-OH is 1. The van der Waals surface area contributed by atoms with Crippen molar-refractivity contribution < 1.29 is 9.84 Å². The molecule has 3 nitrogen and oxygen atoms in total. The van der Waals surface area contributed by atoms with Crippen LogP contribution in [0.2, 0.25) is 0 Å². The first-order valence-corrected chi connectivity index (χ1v) is 4.90. The third kappa shape index (κ3) is 3.38. The van der Waals surface area contributed by atoms with E-state index >= 15 is 0 Å². The summed E-state index contributed by atoms with van der Waals surface area (Å²) in [6, 6.07) is 5.64. The third-order valence-electron chi connectivity index (χ3n) is 2.10. The molecular formula is C12H17NO2. The van der Waals surface area contributed by atoms with Gasteiger partial charge in [0.1, 0.15) is 5.75 Å². The van der Waals surface area contributed by atoms with Crippen LogP contribution in [-0.4, -0.2) is 25.8 Å². The zero-order valence-corrected chi connectivity index (χ0v) is 9.16. The summed E-state index contributed by atoms with van der Waals surface area (Å²) in [6.07, 6.45) is 3.99. The minimum Gasteiger partial charge on any atom is -0.496 e. The highest BCUT2D eigenvalue weighted by molar-refractivity contribution is 5.58. The summed E-state index contributed by atoms with van der Waals surface area (Å²) in [4.78, 5) is 0. The monoisotopic (exact) mass is 207 g/mol. The highest BCUT2D eigenvalue weighted by atomic mass is 16.5. The van der Waals surface area contributed by atoms with Crippen molar-refractivity contribution in [2.45, 2.75) is 6.61 Å². The predicted octanol–water partition coefficient (Wildman–Crippen LogP) is 1.42. The van der Waals surface area contributed by atoms with Crippen LogP contribution in [0.15, 0.2) is 24.3 Å². The minimum atomic E-state index is 0.0524. The molecule has 0 amide bonds. The first-order chi connectivity index (χ1) is 7.31. The van der Waals surface area contributed by atoms with Gasteiger partial charge in [0.25, 0.3) is 0 Å². The SMILES string of the molecule is CNCC=Cc1cc(CO)ccc1OC. The van der Waals surface area contributed by atoms with Crippen LogP contribution in [0.5, 0.6) is 5.75 Å². The molecule has 0 saturated carbocycles. The second-order valence-corrected chi connectivity index (χ2v) is 3.19. The van der Waals surface area contributed by atoms with Crippen LogP contribution in [0.1, 0.15) is 11.1 Å². The lowest BCUT2D eigenvalue weighted by molar-refractivity contribution is 0.281. The van der Waals surface area contributed by atoms with E-state index in [-0.39, 0.29) is 6.61 Å². The Balaban J connectivity index is 2.90. The molecule has 1 aromatic carbocycles. The summed E-state index contributed by atoms with van der Waals surface area (Å²) < 4.78 is 5.22. The van der Waals surface area contributed by atoms with Crippen molar-refractivity contribution in [3.63, 3.8) is 0 Å². The number of rotatable bonds is 5. The summed E-state index contributed by atoms with van der Waals surface area (Å²) in [5, 5.41) is 12.0. The zero-order chi connectivity index (χ0) is 11.1. The van der Waals surface area contributed by atoms with Crippen molar-refractivity contribution in [1.29, 1.82) is 0 Å². The van der Waals surface area contributed by atoms with Crippen LogP contribution in [0.25, 0.3) is 6.08 Å². The van der Waals surface area contributed by atoms with Gasteiger partial charge in [0, 0.05) is 12.1 Å². The van der Waals surface area contributed by atoms with Crippen molar-refractivity contribution in [2.75, 3.05) is 20.7 Å². The lowest BCUT2D eigenvalue weighted by Crippen LogP contribution is -2.03. The van der Waals surface area contributed by atoms with Gasteiger partial charge in [0.15, 0.2) is 0 Å². The van der Waals surface area contributed by atoms with Crippen molar-refractivity contribution in [3.8, 4) is 5.75 Å². The van der Waals surface area contributed by atoms with Crippen LogP contribution in [0.3, 0.4) is 0 Å². The molecule has 0 radical (unpaired) electrons. The van der Waals surface area contributed by atoms with Crippen LogP contribution < -0.4 is 10.1 Å². The fraction of sp³-hybridized carbons (Fsp3) is 0.333. The molecule has 0 spiro atoms. The van der Waals surface area contributed by atoms with Crippen molar-refractivity contribution >= 4 is 6.08 Å². The minimum absolute atomic E-state index is 0.0524. The van der Waals surface area contributed by atoms with Gasteiger partial charge in [0.2, 0.25) is 0 Å². The predicted molar refractivity (Wildman–Crippen MR) is 61.9 cm³/mol. The summed E-state index contributed by atoms with van der Waals surface area (Å²) in [5.41, 5.74) is 1.87. The van der Waals surface area contributed by atoms with E-state index in [1.165, 1.54) is 0 Å². The lowest BCUT2D eigenvalue weighted by atomic mass is 10.1. The highest BCUT2D eigenvalue weighted by Crippen LogP contribution is 2.21. The topological polar surface area (TPSA) is 41.5 Å².